The Hall–Kier alpha value is -4.81. The number of nitro groups is 1. The van der Waals surface area contributed by atoms with Crippen molar-refractivity contribution in [2.24, 2.45) is 5.10 Å². The quantitative estimate of drug-likeness (QED) is 0.205. The van der Waals surface area contributed by atoms with E-state index >= 15 is 0 Å². The SMILES string of the molecule is CCOc1cc(C(=O)N/N=C/c2ccc(Oc3ccc(C(F)(F)F)cc3[N+](=O)[O-])c(OC)c2)ccc1OC. The van der Waals surface area contributed by atoms with E-state index in [4.69, 9.17) is 18.9 Å². The van der Waals surface area contributed by atoms with Crippen LogP contribution in [0.25, 0.3) is 0 Å². The molecule has 0 heterocycles. The van der Waals surface area contributed by atoms with E-state index < -0.39 is 34.0 Å². The highest BCUT2D eigenvalue weighted by molar-refractivity contribution is 5.95. The van der Waals surface area contributed by atoms with Crippen molar-refractivity contribution in [3.8, 4) is 28.7 Å². The maximum absolute atomic E-state index is 12.9. The van der Waals surface area contributed by atoms with Crippen LogP contribution in [0.15, 0.2) is 59.7 Å². The Morgan fingerprint density at radius 1 is 0.974 bits per heavy atom. The van der Waals surface area contributed by atoms with E-state index in [9.17, 15) is 28.1 Å². The van der Waals surface area contributed by atoms with E-state index in [1.54, 1.807) is 19.1 Å². The molecule has 0 saturated carbocycles. The lowest BCUT2D eigenvalue weighted by atomic mass is 10.1. The number of methoxy groups -OCH3 is 2. The molecule has 3 aromatic carbocycles. The number of hydrogen-bond donors (Lipinski definition) is 1. The highest BCUT2D eigenvalue weighted by Crippen LogP contribution is 2.40. The van der Waals surface area contributed by atoms with Gasteiger partial charge in [-0.05, 0) is 61.0 Å². The Morgan fingerprint density at radius 3 is 2.29 bits per heavy atom. The van der Waals surface area contributed by atoms with E-state index in [1.807, 2.05) is 0 Å². The van der Waals surface area contributed by atoms with Crippen LogP contribution < -0.4 is 24.4 Å². The fourth-order valence-electron chi connectivity index (χ4n) is 3.21. The molecule has 200 valence electrons. The molecule has 3 aromatic rings. The summed E-state index contributed by atoms with van der Waals surface area (Å²) in [5, 5.41) is 15.2. The lowest BCUT2D eigenvalue weighted by Gasteiger charge is -2.12. The predicted molar refractivity (Wildman–Crippen MR) is 130 cm³/mol. The van der Waals surface area contributed by atoms with Gasteiger partial charge in [0.1, 0.15) is 0 Å². The summed E-state index contributed by atoms with van der Waals surface area (Å²) in [6.07, 6.45) is -3.44. The van der Waals surface area contributed by atoms with Crippen LogP contribution in [0.4, 0.5) is 18.9 Å². The molecule has 3 rings (SSSR count). The number of ether oxygens (including phenoxy) is 4. The lowest BCUT2D eigenvalue weighted by Crippen LogP contribution is -2.17. The van der Waals surface area contributed by atoms with E-state index in [-0.39, 0.29) is 17.1 Å². The Kier molecular flexibility index (Phi) is 8.73. The minimum atomic E-state index is -4.75. The van der Waals surface area contributed by atoms with Crippen molar-refractivity contribution in [1.82, 2.24) is 5.43 Å². The van der Waals surface area contributed by atoms with Gasteiger partial charge >= 0.3 is 11.9 Å². The topological polar surface area (TPSA) is 122 Å². The number of benzene rings is 3. The van der Waals surface area contributed by atoms with Gasteiger partial charge in [-0.25, -0.2) is 5.43 Å². The fraction of sp³-hybridized carbons (Fsp3) is 0.200. The van der Waals surface area contributed by atoms with Gasteiger partial charge in [0, 0.05) is 11.6 Å². The molecule has 0 aliphatic heterocycles. The molecule has 1 amide bonds. The molecule has 10 nitrogen and oxygen atoms in total. The van der Waals surface area contributed by atoms with Crippen molar-refractivity contribution in [3.05, 3.63) is 81.4 Å². The van der Waals surface area contributed by atoms with Crippen molar-refractivity contribution in [2.45, 2.75) is 13.1 Å². The molecule has 0 radical (unpaired) electrons. The standard InChI is InChI=1S/C25H22F3N3O7/c1-4-37-23-12-16(6-9-20(23)35-2)24(32)30-29-14-15-5-8-21(22(11-15)36-3)38-19-10-7-17(25(26,27)28)13-18(19)31(33)34/h5-14H,4H2,1-3H3,(H,30,32)/b29-14+. The summed E-state index contributed by atoms with van der Waals surface area (Å²) in [5.41, 5.74) is 1.08. The monoisotopic (exact) mass is 533 g/mol. The first-order valence-corrected chi connectivity index (χ1v) is 10.9. The van der Waals surface area contributed by atoms with Crippen LogP contribution in [-0.2, 0) is 6.18 Å². The van der Waals surface area contributed by atoms with Crippen molar-refractivity contribution in [1.29, 1.82) is 0 Å². The first-order chi connectivity index (χ1) is 18.1. The summed E-state index contributed by atoms with van der Waals surface area (Å²) >= 11 is 0. The molecule has 0 unspecified atom stereocenters. The van der Waals surface area contributed by atoms with E-state index in [2.05, 4.69) is 10.5 Å². The normalized spacial score (nSPS) is 11.2. The molecule has 0 atom stereocenters. The number of nitrogens with one attached hydrogen (secondary N) is 1. The molecule has 0 spiro atoms. The predicted octanol–water partition coefficient (Wildman–Crippen LogP) is 5.59. The van der Waals surface area contributed by atoms with Crippen LogP contribution in [-0.4, -0.2) is 37.9 Å². The molecule has 0 aromatic heterocycles. The summed E-state index contributed by atoms with van der Waals surface area (Å²) in [5.74, 6) is 0.0969. The molecule has 13 heteroatoms. The van der Waals surface area contributed by atoms with Gasteiger partial charge in [0.15, 0.2) is 23.0 Å². The molecule has 0 aliphatic rings. The summed E-state index contributed by atoms with van der Waals surface area (Å²) in [4.78, 5) is 22.8. The summed E-state index contributed by atoms with van der Waals surface area (Å²) in [7, 11) is 2.79. The van der Waals surface area contributed by atoms with Crippen LogP contribution in [0.1, 0.15) is 28.4 Å². The zero-order valence-corrected chi connectivity index (χ0v) is 20.4. The first kappa shape index (κ1) is 27.8. The van der Waals surface area contributed by atoms with Gasteiger partial charge in [0.05, 0.1) is 37.5 Å². The highest BCUT2D eigenvalue weighted by Gasteiger charge is 2.33. The Balaban J connectivity index is 1.76. The Morgan fingerprint density at radius 2 is 1.66 bits per heavy atom. The minimum Gasteiger partial charge on any atom is -0.493 e. The Labute approximate surface area is 214 Å². The van der Waals surface area contributed by atoms with Gasteiger partial charge in [0.2, 0.25) is 5.75 Å². The zero-order chi connectivity index (χ0) is 27.9. The van der Waals surface area contributed by atoms with Gasteiger partial charge in [0.25, 0.3) is 5.91 Å². The summed E-state index contributed by atoms with van der Waals surface area (Å²) in [6.45, 7) is 2.18. The van der Waals surface area contributed by atoms with Crippen LogP contribution in [0.5, 0.6) is 28.7 Å². The van der Waals surface area contributed by atoms with Crippen molar-refractivity contribution in [3.63, 3.8) is 0 Å². The van der Waals surface area contributed by atoms with Crippen molar-refractivity contribution >= 4 is 17.8 Å². The van der Waals surface area contributed by atoms with Gasteiger partial charge in [-0.15, -0.1) is 0 Å². The minimum absolute atomic E-state index is 0.0123. The van der Waals surface area contributed by atoms with Crippen molar-refractivity contribution in [2.75, 3.05) is 20.8 Å². The summed E-state index contributed by atoms with van der Waals surface area (Å²) < 4.78 is 60.2. The third-order valence-electron chi connectivity index (χ3n) is 5.00. The third-order valence-corrected chi connectivity index (χ3v) is 5.00. The number of hydrazone groups is 1. The molecular weight excluding hydrogens is 511 g/mol. The maximum Gasteiger partial charge on any atom is 0.416 e. The molecule has 38 heavy (non-hydrogen) atoms. The number of halogens is 3. The maximum atomic E-state index is 12.9. The molecule has 0 fully saturated rings. The fourth-order valence-corrected chi connectivity index (χ4v) is 3.21. The van der Waals surface area contributed by atoms with Crippen LogP contribution in [0.2, 0.25) is 0 Å². The van der Waals surface area contributed by atoms with Gasteiger partial charge in [-0.3, -0.25) is 14.9 Å². The van der Waals surface area contributed by atoms with E-state index in [1.165, 1.54) is 44.7 Å². The first-order valence-electron chi connectivity index (χ1n) is 10.9. The second-order valence-corrected chi connectivity index (χ2v) is 7.45. The number of hydrogen-bond acceptors (Lipinski definition) is 8. The molecular formula is C25H22F3N3O7. The number of rotatable bonds is 10. The van der Waals surface area contributed by atoms with Crippen molar-refractivity contribution < 1.29 is 41.8 Å². The largest absolute Gasteiger partial charge is 0.493 e. The van der Waals surface area contributed by atoms with E-state index in [0.717, 1.165) is 6.07 Å². The third kappa shape index (κ3) is 6.69. The van der Waals surface area contributed by atoms with Gasteiger partial charge < -0.3 is 18.9 Å². The van der Waals surface area contributed by atoms with Gasteiger partial charge in [-0.2, -0.15) is 18.3 Å². The second kappa shape index (κ2) is 12.0. The molecule has 1 N–H and O–H groups in total. The van der Waals surface area contributed by atoms with Crippen LogP contribution in [0.3, 0.4) is 0 Å². The zero-order valence-electron chi connectivity index (χ0n) is 20.4. The summed E-state index contributed by atoms with van der Waals surface area (Å²) in [6, 6.07) is 10.9. The number of nitro benzene ring substituents is 1. The average Bonchev–Trinajstić information content (AvgIpc) is 2.88. The number of carbonyl (C=O) groups is 1. The van der Waals surface area contributed by atoms with E-state index in [0.29, 0.717) is 35.8 Å². The van der Waals surface area contributed by atoms with Gasteiger partial charge in [-0.1, -0.05) is 0 Å². The number of nitrogens with zero attached hydrogens (tertiary/aromatic N) is 2. The number of alkyl halides is 3. The Bertz CT molecular complexity index is 1360. The average molecular weight is 533 g/mol. The molecule has 0 bridgehead atoms. The number of amides is 1. The smallest absolute Gasteiger partial charge is 0.416 e. The molecule has 0 saturated heterocycles. The second-order valence-electron chi connectivity index (χ2n) is 7.45. The van der Waals surface area contributed by atoms with Crippen LogP contribution in [0, 0.1) is 10.1 Å². The van der Waals surface area contributed by atoms with Crippen LogP contribution >= 0.6 is 0 Å². The number of carbonyl (C=O) groups excluding carboxylic acids is 1. The highest BCUT2D eigenvalue weighted by atomic mass is 19.4. The molecule has 0 aliphatic carbocycles. The lowest BCUT2D eigenvalue weighted by molar-refractivity contribution is -0.385.